The lowest BCUT2D eigenvalue weighted by molar-refractivity contribution is -0.385. The van der Waals surface area contributed by atoms with Crippen LogP contribution in [0.15, 0.2) is 46.4 Å². The van der Waals surface area contributed by atoms with Gasteiger partial charge in [0.2, 0.25) is 0 Å². The summed E-state index contributed by atoms with van der Waals surface area (Å²) >= 11 is 0. The number of hydrogen-bond donors (Lipinski definition) is 1. The molecule has 0 aliphatic carbocycles. The number of nitrogens with zero attached hydrogens (tertiary/aromatic N) is 2. The van der Waals surface area contributed by atoms with Crippen LogP contribution in [0.25, 0.3) is 0 Å². The Morgan fingerprint density at radius 1 is 1.16 bits per heavy atom. The Morgan fingerprint density at radius 2 is 1.84 bits per heavy atom. The Kier molecular flexibility index (Phi) is 5.12. The fourth-order valence-electron chi connectivity index (χ4n) is 1.92. The smallest absolute Gasteiger partial charge is 0.258 e. The van der Waals surface area contributed by atoms with Gasteiger partial charge in [0.1, 0.15) is 0 Å². The maximum atomic E-state index is 13.2. The molecule has 1 N–H and O–H groups in total. The number of aryl methyl sites for hydroxylation is 1. The number of nitro groups is 1. The molecule has 0 aliphatic heterocycles. The molecule has 0 unspecified atom stereocenters. The fourth-order valence-corrected chi connectivity index (χ4v) is 2.80. The summed E-state index contributed by atoms with van der Waals surface area (Å²) in [5, 5.41) is 14.5. The van der Waals surface area contributed by atoms with Crippen molar-refractivity contribution in [1.82, 2.24) is 4.83 Å². The van der Waals surface area contributed by atoms with E-state index >= 15 is 0 Å². The van der Waals surface area contributed by atoms with E-state index < -0.39 is 26.6 Å². The van der Waals surface area contributed by atoms with Crippen LogP contribution in [0.3, 0.4) is 0 Å². The molecular formula is C15H13F2N3O4S. The van der Waals surface area contributed by atoms with E-state index in [9.17, 15) is 27.3 Å². The van der Waals surface area contributed by atoms with Crippen molar-refractivity contribution >= 4 is 21.4 Å². The van der Waals surface area contributed by atoms with Gasteiger partial charge >= 0.3 is 0 Å². The monoisotopic (exact) mass is 369 g/mol. The normalized spacial score (nSPS) is 12.1. The van der Waals surface area contributed by atoms with Crippen molar-refractivity contribution in [2.75, 3.05) is 0 Å². The molecule has 10 heteroatoms. The third kappa shape index (κ3) is 4.15. The summed E-state index contributed by atoms with van der Waals surface area (Å²) in [6.07, 6.45) is 0. The van der Waals surface area contributed by atoms with Gasteiger partial charge in [-0.1, -0.05) is 6.07 Å². The first-order valence-electron chi connectivity index (χ1n) is 6.88. The molecule has 0 radical (unpaired) electrons. The molecule has 0 amide bonds. The van der Waals surface area contributed by atoms with Crippen LogP contribution in [0, 0.1) is 28.7 Å². The highest BCUT2D eigenvalue weighted by molar-refractivity contribution is 7.89. The summed E-state index contributed by atoms with van der Waals surface area (Å²) in [4.78, 5) is 11.8. The van der Waals surface area contributed by atoms with Gasteiger partial charge in [0.15, 0.2) is 11.6 Å². The lowest BCUT2D eigenvalue weighted by Gasteiger charge is -2.06. The SMILES string of the molecule is C/C(=N/NS(=O)(=O)c1ccc(C)c([N+](=O)[O-])c1)c1ccc(F)c(F)c1. The summed E-state index contributed by atoms with van der Waals surface area (Å²) in [5.41, 5.74) is 0.232. The zero-order valence-corrected chi connectivity index (χ0v) is 14.0. The molecule has 0 atom stereocenters. The van der Waals surface area contributed by atoms with Crippen LogP contribution in [-0.4, -0.2) is 19.1 Å². The second-order valence-electron chi connectivity index (χ2n) is 5.13. The van der Waals surface area contributed by atoms with Crippen LogP contribution in [0.5, 0.6) is 0 Å². The van der Waals surface area contributed by atoms with E-state index in [1.54, 1.807) is 0 Å². The average molecular weight is 369 g/mol. The van der Waals surface area contributed by atoms with Gasteiger partial charge in [-0.05, 0) is 38.1 Å². The standard InChI is InChI=1S/C15H13F2N3O4S/c1-9-3-5-12(8-15(9)20(21)22)25(23,24)19-18-10(2)11-4-6-13(16)14(17)7-11/h3-8,19H,1-2H3/b18-10-. The molecular weight excluding hydrogens is 356 g/mol. The Morgan fingerprint density at radius 3 is 2.44 bits per heavy atom. The predicted molar refractivity (Wildman–Crippen MR) is 86.7 cm³/mol. The van der Waals surface area contributed by atoms with Gasteiger partial charge < -0.3 is 0 Å². The summed E-state index contributed by atoms with van der Waals surface area (Å²) in [7, 11) is -4.16. The van der Waals surface area contributed by atoms with Crippen LogP contribution >= 0.6 is 0 Å². The quantitative estimate of drug-likeness (QED) is 0.497. The second-order valence-corrected chi connectivity index (χ2v) is 6.79. The first-order valence-corrected chi connectivity index (χ1v) is 8.36. The van der Waals surface area contributed by atoms with Crippen molar-refractivity contribution in [1.29, 1.82) is 0 Å². The summed E-state index contributed by atoms with van der Waals surface area (Å²) in [6.45, 7) is 2.88. The molecule has 132 valence electrons. The molecule has 2 rings (SSSR count). The number of rotatable bonds is 5. The molecule has 2 aromatic carbocycles. The number of halogens is 2. The maximum absolute atomic E-state index is 13.2. The lowest BCUT2D eigenvalue weighted by Crippen LogP contribution is -2.20. The van der Waals surface area contributed by atoms with Crippen molar-refractivity contribution in [2.24, 2.45) is 5.10 Å². The van der Waals surface area contributed by atoms with E-state index in [4.69, 9.17) is 0 Å². The molecule has 0 bridgehead atoms. The molecule has 0 fully saturated rings. The minimum Gasteiger partial charge on any atom is -0.258 e. The number of benzene rings is 2. The highest BCUT2D eigenvalue weighted by Crippen LogP contribution is 2.22. The van der Waals surface area contributed by atoms with E-state index in [0.717, 1.165) is 18.2 Å². The van der Waals surface area contributed by atoms with Gasteiger partial charge in [-0.2, -0.15) is 18.4 Å². The van der Waals surface area contributed by atoms with Gasteiger partial charge in [-0.25, -0.2) is 8.78 Å². The van der Waals surface area contributed by atoms with E-state index in [-0.39, 0.29) is 21.9 Å². The highest BCUT2D eigenvalue weighted by atomic mass is 32.2. The van der Waals surface area contributed by atoms with E-state index in [1.807, 2.05) is 4.83 Å². The minimum absolute atomic E-state index is 0.0871. The van der Waals surface area contributed by atoms with Crippen LogP contribution in [0.2, 0.25) is 0 Å². The zero-order chi connectivity index (χ0) is 18.8. The maximum Gasteiger partial charge on any atom is 0.276 e. The average Bonchev–Trinajstić information content (AvgIpc) is 2.55. The Balaban J connectivity index is 2.30. The predicted octanol–water partition coefficient (Wildman–Crippen LogP) is 2.88. The van der Waals surface area contributed by atoms with Crippen molar-refractivity contribution in [3.05, 3.63) is 69.3 Å². The molecule has 2 aromatic rings. The topological polar surface area (TPSA) is 102 Å². The van der Waals surface area contributed by atoms with Crippen LogP contribution in [-0.2, 0) is 10.0 Å². The van der Waals surface area contributed by atoms with Gasteiger partial charge in [0.05, 0.1) is 15.5 Å². The van der Waals surface area contributed by atoms with E-state index in [0.29, 0.717) is 5.56 Å². The molecule has 0 aromatic heterocycles. The highest BCUT2D eigenvalue weighted by Gasteiger charge is 2.19. The minimum atomic E-state index is -4.16. The molecule has 0 heterocycles. The van der Waals surface area contributed by atoms with Crippen molar-refractivity contribution in [2.45, 2.75) is 18.7 Å². The van der Waals surface area contributed by atoms with Crippen molar-refractivity contribution in [3.63, 3.8) is 0 Å². The fraction of sp³-hybridized carbons (Fsp3) is 0.133. The first-order chi connectivity index (χ1) is 11.6. The number of hydrogen-bond acceptors (Lipinski definition) is 5. The lowest BCUT2D eigenvalue weighted by atomic mass is 10.1. The van der Waals surface area contributed by atoms with E-state index in [1.165, 1.54) is 32.0 Å². The summed E-state index contributed by atoms with van der Waals surface area (Å²) in [6, 6.07) is 6.43. The van der Waals surface area contributed by atoms with Crippen LogP contribution < -0.4 is 4.83 Å². The van der Waals surface area contributed by atoms with Crippen LogP contribution in [0.1, 0.15) is 18.1 Å². The van der Waals surface area contributed by atoms with Crippen molar-refractivity contribution < 1.29 is 22.1 Å². The van der Waals surface area contributed by atoms with Gasteiger partial charge in [0, 0.05) is 17.2 Å². The third-order valence-corrected chi connectivity index (χ3v) is 4.56. The molecule has 0 saturated heterocycles. The first kappa shape index (κ1) is 18.5. The Hall–Kier alpha value is -2.88. The Labute approximate surface area is 142 Å². The molecule has 0 aliphatic rings. The molecule has 7 nitrogen and oxygen atoms in total. The van der Waals surface area contributed by atoms with Gasteiger partial charge in [-0.15, -0.1) is 0 Å². The molecule has 0 saturated carbocycles. The van der Waals surface area contributed by atoms with Gasteiger partial charge in [0.25, 0.3) is 15.7 Å². The third-order valence-electron chi connectivity index (χ3n) is 3.36. The number of nitrogens with one attached hydrogen (secondary N) is 1. The summed E-state index contributed by atoms with van der Waals surface area (Å²) < 4.78 is 50.5. The zero-order valence-electron chi connectivity index (χ0n) is 13.2. The molecule has 25 heavy (non-hydrogen) atoms. The number of nitro benzene ring substituents is 1. The number of hydrazone groups is 1. The van der Waals surface area contributed by atoms with Gasteiger partial charge in [-0.3, -0.25) is 10.1 Å². The second kappa shape index (κ2) is 6.93. The van der Waals surface area contributed by atoms with Crippen LogP contribution in [0.4, 0.5) is 14.5 Å². The Bertz CT molecular complexity index is 975. The largest absolute Gasteiger partial charge is 0.276 e. The van der Waals surface area contributed by atoms with Crippen molar-refractivity contribution in [3.8, 4) is 0 Å². The number of sulfonamides is 1. The molecule has 0 spiro atoms. The van der Waals surface area contributed by atoms with E-state index in [2.05, 4.69) is 5.10 Å². The summed E-state index contributed by atoms with van der Waals surface area (Å²) in [5.74, 6) is -2.13.